The average molecular weight is 315 g/mol. The molecule has 2 heterocycles. The maximum absolute atomic E-state index is 12.9. The number of ketones is 1. The molecule has 0 aliphatic carbocycles. The number of rotatable bonds is 5. The van der Waals surface area contributed by atoms with Gasteiger partial charge in [-0.25, -0.2) is 0 Å². The van der Waals surface area contributed by atoms with E-state index < -0.39 is 0 Å². The number of carbonyl (C=O) groups is 2. The molecule has 2 aliphatic heterocycles. The minimum Gasteiger partial charge on any atom is -0.384 e. The summed E-state index contributed by atoms with van der Waals surface area (Å²) in [5.74, 6) is -0.0557. The van der Waals surface area contributed by atoms with Crippen LogP contribution in [0.5, 0.6) is 0 Å². The highest BCUT2D eigenvalue weighted by Gasteiger charge is 2.31. The molecule has 5 heteroatoms. The Morgan fingerprint density at radius 1 is 1.35 bits per heavy atom. The van der Waals surface area contributed by atoms with E-state index in [0.717, 1.165) is 56.6 Å². The summed E-state index contributed by atoms with van der Waals surface area (Å²) < 4.78 is 0. The van der Waals surface area contributed by atoms with Gasteiger partial charge in [-0.15, -0.1) is 0 Å². The van der Waals surface area contributed by atoms with Gasteiger partial charge < -0.3 is 11.1 Å². The topological polar surface area (TPSA) is 75.4 Å². The number of carbonyl (C=O) groups excluding carboxylic acids is 2. The molecular formula is C18H25N3O2. The molecule has 1 fully saturated rings. The van der Waals surface area contributed by atoms with Crippen molar-refractivity contribution in [3.63, 3.8) is 0 Å². The van der Waals surface area contributed by atoms with Crippen LogP contribution < -0.4 is 11.1 Å². The molecule has 23 heavy (non-hydrogen) atoms. The minimum absolute atomic E-state index is 0.0371. The molecule has 5 nitrogen and oxygen atoms in total. The Morgan fingerprint density at radius 2 is 2.09 bits per heavy atom. The normalized spacial score (nSPS) is 19.9. The lowest BCUT2D eigenvalue weighted by Crippen LogP contribution is -2.47. The summed E-state index contributed by atoms with van der Waals surface area (Å²) in [4.78, 5) is 26.4. The number of nitrogens with zero attached hydrogens (tertiary/aromatic N) is 1. The summed E-state index contributed by atoms with van der Waals surface area (Å²) in [6, 6.07) is 5.88. The first kappa shape index (κ1) is 16.0. The van der Waals surface area contributed by atoms with Crippen molar-refractivity contribution >= 4 is 17.4 Å². The number of hydrogen-bond donors (Lipinski definition) is 2. The number of amides is 1. The van der Waals surface area contributed by atoms with Crippen molar-refractivity contribution in [3.05, 3.63) is 29.3 Å². The fraction of sp³-hybridized carbons (Fsp3) is 0.556. The molecule has 1 aromatic carbocycles. The van der Waals surface area contributed by atoms with Crippen LogP contribution in [0.25, 0.3) is 0 Å². The summed E-state index contributed by atoms with van der Waals surface area (Å²) in [6.45, 7) is 4.54. The van der Waals surface area contributed by atoms with Crippen molar-refractivity contribution in [3.8, 4) is 0 Å². The second-order valence-corrected chi connectivity index (χ2v) is 6.55. The second kappa shape index (κ2) is 6.71. The third kappa shape index (κ3) is 3.24. The third-order valence-electron chi connectivity index (χ3n) is 5.16. The maximum atomic E-state index is 12.9. The first-order chi connectivity index (χ1) is 11.1. The van der Waals surface area contributed by atoms with Gasteiger partial charge in [0.15, 0.2) is 5.78 Å². The number of piperidine rings is 1. The Bertz CT molecular complexity index is 606. The van der Waals surface area contributed by atoms with E-state index in [9.17, 15) is 9.59 Å². The summed E-state index contributed by atoms with van der Waals surface area (Å²) in [6.07, 6.45) is 3.28. The number of nitrogens with two attached hydrogens (primary N) is 1. The van der Waals surface area contributed by atoms with Crippen LogP contribution in [-0.4, -0.2) is 42.3 Å². The molecule has 124 valence electrons. The van der Waals surface area contributed by atoms with Gasteiger partial charge in [-0.1, -0.05) is 6.92 Å². The molecule has 1 unspecified atom stereocenters. The van der Waals surface area contributed by atoms with Crippen molar-refractivity contribution in [2.24, 2.45) is 11.7 Å². The summed E-state index contributed by atoms with van der Waals surface area (Å²) in [5, 5.41) is 3.32. The van der Waals surface area contributed by atoms with E-state index in [1.54, 1.807) is 0 Å². The van der Waals surface area contributed by atoms with Crippen molar-refractivity contribution in [2.45, 2.75) is 38.6 Å². The number of nitrogens with one attached hydrogen (secondary N) is 1. The standard InChI is InChI=1S/C18H25N3O2/c1-2-16(21-9-6-12(7-10-21)18(19)23)17(22)14-3-4-15-13(11-14)5-8-20-15/h3-4,11-12,16,20H,2,5-10H2,1H3,(H2,19,23). The highest BCUT2D eigenvalue weighted by Crippen LogP contribution is 2.26. The minimum atomic E-state index is -0.213. The van der Waals surface area contributed by atoms with Gasteiger partial charge in [0.25, 0.3) is 0 Å². The molecular weight excluding hydrogens is 290 g/mol. The van der Waals surface area contributed by atoms with Crippen molar-refractivity contribution in [2.75, 3.05) is 25.0 Å². The van der Waals surface area contributed by atoms with Crippen LogP contribution in [0.15, 0.2) is 18.2 Å². The Labute approximate surface area is 137 Å². The molecule has 1 aromatic rings. The van der Waals surface area contributed by atoms with Gasteiger partial charge in [0.2, 0.25) is 5.91 Å². The highest BCUT2D eigenvalue weighted by molar-refractivity contribution is 6.00. The van der Waals surface area contributed by atoms with Crippen LogP contribution in [0.2, 0.25) is 0 Å². The molecule has 3 rings (SSSR count). The Morgan fingerprint density at radius 3 is 2.74 bits per heavy atom. The largest absolute Gasteiger partial charge is 0.384 e. The molecule has 1 atom stereocenters. The molecule has 2 aliphatic rings. The summed E-state index contributed by atoms with van der Waals surface area (Å²) >= 11 is 0. The van der Waals surface area contributed by atoms with Crippen molar-refractivity contribution in [1.29, 1.82) is 0 Å². The van der Waals surface area contributed by atoms with Crippen molar-refractivity contribution in [1.82, 2.24) is 4.90 Å². The predicted octanol–water partition coefficient (Wildman–Crippen LogP) is 1.81. The number of Topliss-reactive ketones (excluding diaryl/α,β-unsaturated/α-hetero) is 1. The first-order valence-electron chi connectivity index (χ1n) is 8.54. The second-order valence-electron chi connectivity index (χ2n) is 6.55. The van der Waals surface area contributed by atoms with Gasteiger partial charge in [0.05, 0.1) is 6.04 Å². The van der Waals surface area contributed by atoms with E-state index in [0.29, 0.717) is 0 Å². The number of benzene rings is 1. The fourth-order valence-electron chi connectivity index (χ4n) is 3.76. The Kier molecular flexibility index (Phi) is 4.66. The number of fused-ring (bicyclic) bond motifs is 1. The lowest BCUT2D eigenvalue weighted by Gasteiger charge is -2.35. The Balaban J connectivity index is 1.71. The van der Waals surface area contributed by atoms with Gasteiger partial charge in [-0.3, -0.25) is 14.5 Å². The highest BCUT2D eigenvalue weighted by atomic mass is 16.1. The van der Waals surface area contributed by atoms with Crippen LogP contribution >= 0.6 is 0 Å². The van der Waals surface area contributed by atoms with Crippen LogP contribution in [0.4, 0.5) is 5.69 Å². The quantitative estimate of drug-likeness (QED) is 0.813. The molecule has 0 bridgehead atoms. The van der Waals surface area contributed by atoms with Gasteiger partial charge in [-0.2, -0.15) is 0 Å². The van der Waals surface area contributed by atoms with Gasteiger partial charge in [0.1, 0.15) is 0 Å². The van der Waals surface area contributed by atoms with E-state index in [-0.39, 0.29) is 23.7 Å². The van der Waals surface area contributed by atoms with Gasteiger partial charge in [0, 0.05) is 23.7 Å². The van der Waals surface area contributed by atoms with Gasteiger partial charge >= 0.3 is 0 Å². The molecule has 0 saturated carbocycles. The zero-order valence-corrected chi connectivity index (χ0v) is 13.7. The average Bonchev–Trinajstić information content (AvgIpc) is 3.03. The number of likely N-dealkylation sites (tertiary alicyclic amines) is 1. The number of anilines is 1. The van der Waals surface area contributed by atoms with E-state index in [1.165, 1.54) is 5.56 Å². The molecule has 1 saturated heterocycles. The smallest absolute Gasteiger partial charge is 0.220 e. The van der Waals surface area contributed by atoms with Gasteiger partial charge in [-0.05, 0) is 62.5 Å². The summed E-state index contributed by atoms with van der Waals surface area (Å²) in [5.41, 5.74) is 8.58. The SMILES string of the molecule is CCC(C(=O)c1ccc2c(c1)CCN2)N1CCC(C(N)=O)CC1. The van der Waals surface area contributed by atoms with Crippen molar-refractivity contribution < 1.29 is 9.59 Å². The van der Waals surface area contributed by atoms with Crippen LogP contribution in [0.1, 0.15) is 42.1 Å². The first-order valence-corrected chi connectivity index (χ1v) is 8.54. The molecule has 0 spiro atoms. The molecule has 1 amide bonds. The zero-order chi connectivity index (χ0) is 16.4. The van der Waals surface area contributed by atoms with E-state index in [1.807, 2.05) is 18.2 Å². The molecule has 0 radical (unpaired) electrons. The maximum Gasteiger partial charge on any atom is 0.220 e. The number of primary amides is 1. The lowest BCUT2D eigenvalue weighted by atomic mass is 9.92. The Hall–Kier alpha value is -1.88. The lowest BCUT2D eigenvalue weighted by molar-refractivity contribution is -0.123. The molecule has 0 aromatic heterocycles. The fourth-order valence-corrected chi connectivity index (χ4v) is 3.76. The number of hydrogen-bond acceptors (Lipinski definition) is 4. The van der Waals surface area contributed by atoms with E-state index >= 15 is 0 Å². The predicted molar refractivity (Wildman–Crippen MR) is 90.5 cm³/mol. The van der Waals surface area contributed by atoms with E-state index in [4.69, 9.17) is 5.73 Å². The van der Waals surface area contributed by atoms with E-state index in [2.05, 4.69) is 17.1 Å². The molecule has 3 N–H and O–H groups in total. The third-order valence-corrected chi connectivity index (χ3v) is 5.16. The summed E-state index contributed by atoms with van der Waals surface area (Å²) in [7, 11) is 0. The zero-order valence-electron chi connectivity index (χ0n) is 13.7. The van der Waals surface area contributed by atoms with Crippen LogP contribution in [-0.2, 0) is 11.2 Å². The van der Waals surface area contributed by atoms with Crippen LogP contribution in [0, 0.1) is 5.92 Å². The van der Waals surface area contributed by atoms with Crippen LogP contribution in [0.3, 0.4) is 0 Å². The monoisotopic (exact) mass is 315 g/mol.